The smallest absolute Gasteiger partial charge is 0.243 e. The Morgan fingerprint density at radius 1 is 1.03 bits per heavy atom. The summed E-state index contributed by atoms with van der Waals surface area (Å²) in [5, 5.41) is 2.83. The first-order valence-electron chi connectivity index (χ1n) is 10.9. The summed E-state index contributed by atoms with van der Waals surface area (Å²) in [5.41, 5.74) is 2.08. The van der Waals surface area contributed by atoms with Crippen LogP contribution in [0.5, 0.6) is 0 Å². The van der Waals surface area contributed by atoms with Crippen molar-refractivity contribution in [1.82, 2.24) is 9.21 Å². The Hall–Kier alpha value is -2.49. The van der Waals surface area contributed by atoms with Crippen LogP contribution in [-0.4, -0.2) is 69.3 Å². The second kappa shape index (κ2) is 10.4. The minimum Gasteiger partial charge on any atom is -0.369 e. The molecule has 1 N–H and O–H groups in total. The standard InChI is InChI=1S/C23H31FN4O3S/c1-4-28(5-2)32(30,31)22-16-20(9-6-18(22)3)25-23(29)17-26-12-14-27(15-13-26)21-10-7-19(24)8-11-21/h6-11,16H,4-5,12-15,17H2,1-3H3,(H,25,29). The van der Waals surface area contributed by atoms with Gasteiger partial charge in [-0.05, 0) is 48.9 Å². The number of carbonyl (C=O) groups excluding carboxylic acids is 1. The molecule has 1 fully saturated rings. The molecule has 1 aliphatic heterocycles. The highest BCUT2D eigenvalue weighted by molar-refractivity contribution is 7.89. The third kappa shape index (κ3) is 5.65. The van der Waals surface area contributed by atoms with Gasteiger partial charge < -0.3 is 10.2 Å². The quantitative estimate of drug-likeness (QED) is 0.653. The number of aryl methyl sites for hydroxylation is 1. The van der Waals surface area contributed by atoms with Crippen molar-refractivity contribution in [3.8, 4) is 0 Å². The van der Waals surface area contributed by atoms with Gasteiger partial charge in [-0.3, -0.25) is 9.69 Å². The molecule has 0 radical (unpaired) electrons. The zero-order valence-corrected chi connectivity index (χ0v) is 19.7. The number of hydrogen-bond acceptors (Lipinski definition) is 5. The summed E-state index contributed by atoms with van der Waals surface area (Å²) in [5.74, 6) is -0.441. The number of benzene rings is 2. The van der Waals surface area contributed by atoms with Crippen LogP contribution < -0.4 is 10.2 Å². The highest BCUT2D eigenvalue weighted by atomic mass is 32.2. The molecule has 32 heavy (non-hydrogen) atoms. The monoisotopic (exact) mass is 462 g/mol. The number of nitrogens with zero attached hydrogens (tertiary/aromatic N) is 3. The molecule has 1 saturated heterocycles. The van der Waals surface area contributed by atoms with Gasteiger partial charge in [-0.2, -0.15) is 4.31 Å². The molecule has 0 saturated carbocycles. The van der Waals surface area contributed by atoms with Crippen LogP contribution in [-0.2, 0) is 14.8 Å². The van der Waals surface area contributed by atoms with Gasteiger partial charge in [0.15, 0.2) is 0 Å². The summed E-state index contributed by atoms with van der Waals surface area (Å²) in [7, 11) is -3.61. The number of hydrogen-bond donors (Lipinski definition) is 1. The van der Waals surface area contributed by atoms with Crippen molar-refractivity contribution < 1.29 is 17.6 Å². The number of sulfonamides is 1. The Kier molecular flexibility index (Phi) is 7.86. The molecule has 0 bridgehead atoms. The van der Waals surface area contributed by atoms with Crippen LogP contribution in [0.3, 0.4) is 0 Å². The van der Waals surface area contributed by atoms with Gasteiger partial charge in [-0.1, -0.05) is 19.9 Å². The zero-order valence-electron chi connectivity index (χ0n) is 18.8. The minimum absolute atomic E-state index is 0.185. The van der Waals surface area contributed by atoms with Gasteiger partial charge in [0.25, 0.3) is 0 Å². The summed E-state index contributed by atoms with van der Waals surface area (Å²) in [6.45, 7) is 9.27. The van der Waals surface area contributed by atoms with E-state index in [-0.39, 0.29) is 23.2 Å². The highest BCUT2D eigenvalue weighted by Crippen LogP contribution is 2.24. The Morgan fingerprint density at radius 3 is 2.25 bits per heavy atom. The maximum Gasteiger partial charge on any atom is 0.243 e. The number of carbonyl (C=O) groups is 1. The summed E-state index contributed by atoms with van der Waals surface area (Å²) in [6.07, 6.45) is 0. The number of piperazine rings is 1. The number of anilines is 2. The lowest BCUT2D eigenvalue weighted by molar-refractivity contribution is -0.117. The molecular weight excluding hydrogens is 431 g/mol. The fourth-order valence-electron chi connectivity index (χ4n) is 3.88. The summed E-state index contributed by atoms with van der Waals surface area (Å²) >= 11 is 0. The second-order valence-electron chi connectivity index (χ2n) is 7.86. The third-order valence-corrected chi connectivity index (χ3v) is 7.92. The lowest BCUT2D eigenvalue weighted by atomic mass is 10.2. The molecule has 0 aliphatic carbocycles. The Bertz CT molecular complexity index is 1030. The van der Waals surface area contributed by atoms with Crippen LogP contribution in [0.15, 0.2) is 47.4 Å². The average molecular weight is 463 g/mol. The Morgan fingerprint density at radius 2 is 1.66 bits per heavy atom. The van der Waals surface area contributed by atoms with Crippen LogP contribution in [0.1, 0.15) is 19.4 Å². The SMILES string of the molecule is CCN(CC)S(=O)(=O)c1cc(NC(=O)CN2CCN(c3ccc(F)cc3)CC2)ccc1C. The topological polar surface area (TPSA) is 73.0 Å². The van der Waals surface area contributed by atoms with E-state index in [2.05, 4.69) is 15.1 Å². The minimum atomic E-state index is -3.61. The fraction of sp³-hybridized carbons (Fsp3) is 0.435. The molecule has 174 valence electrons. The molecule has 0 aromatic heterocycles. The first-order chi connectivity index (χ1) is 15.2. The molecule has 0 atom stereocenters. The van der Waals surface area contributed by atoms with Gasteiger partial charge in [-0.25, -0.2) is 12.8 Å². The predicted octanol–water partition coefficient (Wildman–Crippen LogP) is 2.93. The molecule has 1 heterocycles. The van der Waals surface area contributed by atoms with Crippen molar-refractivity contribution >= 4 is 27.3 Å². The van der Waals surface area contributed by atoms with E-state index in [1.807, 2.05) is 0 Å². The molecule has 9 heteroatoms. The van der Waals surface area contributed by atoms with Crippen LogP contribution in [0.2, 0.25) is 0 Å². The maximum atomic E-state index is 13.1. The lowest BCUT2D eigenvalue weighted by Crippen LogP contribution is -2.48. The van der Waals surface area contributed by atoms with Gasteiger partial charge in [0, 0.05) is 50.6 Å². The molecule has 0 spiro atoms. The van der Waals surface area contributed by atoms with Crippen molar-refractivity contribution in [3.63, 3.8) is 0 Å². The normalized spacial score (nSPS) is 15.2. The van der Waals surface area contributed by atoms with E-state index in [9.17, 15) is 17.6 Å². The van der Waals surface area contributed by atoms with Gasteiger partial charge in [0.05, 0.1) is 11.4 Å². The number of amides is 1. The summed E-state index contributed by atoms with van der Waals surface area (Å²) < 4.78 is 40.4. The Balaban J connectivity index is 1.59. The maximum absolute atomic E-state index is 13.1. The van der Waals surface area contributed by atoms with Crippen molar-refractivity contribution in [2.75, 3.05) is 56.0 Å². The van der Waals surface area contributed by atoms with E-state index in [0.29, 0.717) is 37.4 Å². The van der Waals surface area contributed by atoms with Crippen molar-refractivity contribution in [3.05, 3.63) is 53.8 Å². The molecular formula is C23H31FN4O3S. The van der Waals surface area contributed by atoms with E-state index in [1.165, 1.54) is 22.5 Å². The highest BCUT2D eigenvalue weighted by Gasteiger charge is 2.24. The predicted molar refractivity (Wildman–Crippen MR) is 125 cm³/mol. The van der Waals surface area contributed by atoms with Crippen LogP contribution >= 0.6 is 0 Å². The first kappa shape index (κ1) is 24.2. The zero-order chi connectivity index (χ0) is 23.3. The van der Waals surface area contributed by atoms with Crippen molar-refractivity contribution in [1.29, 1.82) is 0 Å². The van der Waals surface area contributed by atoms with E-state index < -0.39 is 10.0 Å². The molecule has 0 unspecified atom stereocenters. The average Bonchev–Trinajstić information content (AvgIpc) is 2.77. The van der Waals surface area contributed by atoms with E-state index >= 15 is 0 Å². The lowest BCUT2D eigenvalue weighted by Gasteiger charge is -2.35. The largest absolute Gasteiger partial charge is 0.369 e. The van der Waals surface area contributed by atoms with Gasteiger partial charge in [0.1, 0.15) is 5.82 Å². The van der Waals surface area contributed by atoms with Crippen LogP contribution in [0.4, 0.5) is 15.8 Å². The summed E-state index contributed by atoms with van der Waals surface area (Å²) in [4.78, 5) is 17.0. The molecule has 1 aliphatic rings. The third-order valence-electron chi connectivity index (χ3n) is 5.73. The van der Waals surface area contributed by atoms with Crippen molar-refractivity contribution in [2.24, 2.45) is 0 Å². The summed E-state index contributed by atoms with van der Waals surface area (Å²) in [6, 6.07) is 11.4. The van der Waals surface area contributed by atoms with Crippen molar-refractivity contribution in [2.45, 2.75) is 25.7 Å². The van der Waals surface area contributed by atoms with Gasteiger partial charge >= 0.3 is 0 Å². The van der Waals surface area contributed by atoms with Crippen LogP contribution in [0.25, 0.3) is 0 Å². The fourth-order valence-corrected chi connectivity index (χ4v) is 5.59. The second-order valence-corrected chi connectivity index (χ2v) is 9.76. The van der Waals surface area contributed by atoms with E-state index in [0.717, 1.165) is 18.8 Å². The van der Waals surface area contributed by atoms with Gasteiger partial charge in [-0.15, -0.1) is 0 Å². The van der Waals surface area contributed by atoms with Gasteiger partial charge in [0.2, 0.25) is 15.9 Å². The molecule has 2 aromatic carbocycles. The number of nitrogens with one attached hydrogen (secondary N) is 1. The molecule has 2 aromatic rings. The number of halogens is 1. The molecule has 1 amide bonds. The molecule has 7 nitrogen and oxygen atoms in total. The van der Waals surface area contributed by atoms with E-state index in [4.69, 9.17) is 0 Å². The van der Waals surface area contributed by atoms with Crippen LogP contribution in [0, 0.1) is 12.7 Å². The van der Waals surface area contributed by atoms with E-state index in [1.54, 1.807) is 45.0 Å². The Labute approximate surface area is 189 Å². The number of rotatable bonds is 8. The molecule has 3 rings (SSSR count). The first-order valence-corrected chi connectivity index (χ1v) is 12.3.